The van der Waals surface area contributed by atoms with Crippen molar-refractivity contribution >= 4 is 11.9 Å². The number of nitrogens with zero attached hydrogens (tertiary/aromatic N) is 1. The van der Waals surface area contributed by atoms with Crippen molar-refractivity contribution in [1.82, 2.24) is 4.90 Å². The fourth-order valence-electron chi connectivity index (χ4n) is 3.75. The molecule has 2 aliphatic carbocycles. The Morgan fingerprint density at radius 1 is 1.36 bits per heavy atom. The fourth-order valence-corrected chi connectivity index (χ4v) is 3.75. The average Bonchev–Trinajstić information content (AvgIpc) is 2.98. The van der Waals surface area contributed by atoms with Crippen LogP contribution in [-0.2, 0) is 14.3 Å². The molecular formula is C17H29NO4. The van der Waals surface area contributed by atoms with E-state index in [-0.39, 0.29) is 17.2 Å². The molecule has 0 heterocycles. The third-order valence-electron chi connectivity index (χ3n) is 5.24. The summed E-state index contributed by atoms with van der Waals surface area (Å²) in [5, 5.41) is 9.12. The van der Waals surface area contributed by atoms with Crippen molar-refractivity contribution in [1.29, 1.82) is 0 Å². The number of ether oxygens (including phenoxy) is 1. The molecule has 0 bridgehead atoms. The summed E-state index contributed by atoms with van der Waals surface area (Å²) in [5.74, 6) is -1.04. The lowest BCUT2D eigenvalue weighted by molar-refractivity contribution is -0.143. The van der Waals surface area contributed by atoms with Gasteiger partial charge in [0.2, 0.25) is 5.91 Å². The summed E-state index contributed by atoms with van der Waals surface area (Å²) in [7, 11) is 0. The summed E-state index contributed by atoms with van der Waals surface area (Å²) >= 11 is 0. The Hall–Kier alpha value is -1.10. The van der Waals surface area contributed by atoms with Gasteiger partial charge >= 0.3 is 5.97 Å². The first-order valence-electron chi connectivity index (χ1n) is 8.59. The smallest absolute Gasteiger partial charge is 0.308 e. The molecule has 2 atom stereocenters. The van der Waals surface area contributed by atoms with Gasteiger partial charge in [-0.1, -0.05) is 19.8 Å². The van der Waals surface area contributed by atoms with Crippen molar-refractivity contribution in [3.63, 3.8) is 0 Å². The second-order valence-electron chi connectivity index (χ2n) is 6.90. The molecule has 5 nitrogen and oxygen atoms in total. The lowest BCUT2D eigenvalue weighted by atomic mass is 10.0. The zero-order chi connectivity index (χ0) is 16.2. The molecular weight excluding hydrogens is 282 g/mol. The minimum Gasteiger partial charge on any atom is -0.481 e. The van der Waals surface area contributed by atoms with Crippen molar-refractivity contribution in [2.75, 3.05) is 26.3 Å². The highest BCUT2D eigenvalue weighted by Crippen LogP contribution is 2.63. The molecule has 2 rings (SSSR count). The van der Waals surface area contributed by atoms with E-state index in [2.05, 4.69) is 0 Å². The Morgan fingerprint density at radius 2 is 2.05 bits per heavy atom. The molecule has 0 aromatic rings. The van der Waals surface area contributed by atoms with E-state index in [1.54, 1.807) is 11.8 Å². The van der Waals surface area contributed by atoms with Crippen LogP contribution in [0.25, 0.3) is 0 Å². The highest BCUT2D eigenvalue weighted by Gasteiger charge is 2.59. The lowest BCUT2D eigenvalue weighted by Gasteiger charge is -2.25. The zero-order valence-corrected chi connectivity index (χ0v) is 13.8. The number of carboxylic acids is 1. The third-order valence-corrected chi connectivity index (χ3v) is 5.24. The van der Waals surface area contributed by atoms with Crippen LogP contribution in [0.2, 0.25) is 0 Å². The van der Waals surface area contributed by atoms with Crippen molar-refractivity contribution < 1.29 is 19.4 Å². The van der Waals surface area contributed by atoms with Gasteiger partial charge in [0.1, 0.15) is 0 Å². The molecule has 2 fully saturated rings. The second kappa shape index (κ2) is 7.44. The van der Waals surface area contributed by atoms with Crippen LogP contribution in [0.15, 0.2) is 0 Å². The number of hydrogen-bond acceptors (Lipinski definition) is 3. The monoisotopic (exact) mass is 311 g/mol. The molecule has 0 saturated heterocycles. The van der Waals surface area contributed by atoms with Crippen molar-refractivity contribution in [2.45, 2.75) is 52.4 Å². The predicted octanol–water partition coefficient (Wildman–Crippen LogP) is 2.54. The van der Waals surface area contributed by atoms with Crippen LogP contribution in [0.1, 0.15) is 52.4 Å². The minimum atomic E-state index is -0.839. The van der Waals surface area contributed by atoms with Gasteiger partial charge in [-0.15, -0.1) is 0 Å². The molecule has 0 aromatic heterocycles. The molecule has 2 saturated carbocycles. The molecule has 2 aliphatic rings. The van der Waals surface area contributed by atoms with Crippen molar-refractivity contribution in [3.8, 4) is 0 Å². The summed E-state index contributed by atoms with van der Waals surface area (Å²) in [6.07, 6.45) is 6.59. The maximum absolute atomic E-state index is 12.8. The molecule has 0 aromatic carbocycles. The van der Waals surface area contributed by atoms with E-state index < -0.39 is 11.9 Å². The van der Waals surface area contributed by atoms with E-state index in [0.29, 0.717) is 26.3 Å². The number of carboxylic acid groups (broad SMARTS) is 1. The highest BCUT2D eigenvalue weighted by molar-refractivity contribution is 5.83. The standard InChI is InChI=1S/C17H29NO4/c1-3-22-10-6-9-18(12-13(2)16(20)21)15(19)14-11-17(14)7-4-5-8-17/h13-14H,3-12H2,1-2H3,(H,20,21). The van der Waals surface area contributed by atoms with Crippen LogP contribution in [0.4, 0.5) is 0 Å². The summed E-state index contributed by atoms with van der Waals surface area (Å²) in [6.45, 7) is 5.82. The molecule has 2 unspecified atom stereocenters. The first-order chi connectivity index (χ1) is 10.5. The number of aliphatic carboxylic acids is 1. The summed E-state index contributed by atoms with van der Waals surface area (Å²) in [4.78, 5) is 25.7. The summed E-state index contributed by atoms with van der Waals surface area (Å²) in [6, 6.07) is 0. The first-order valence-corrected chi connectivity index (χ1v) is 8.59. The third kappa shape index (κ3) is 4.00. The van der Waals surface area contributed by atoms with E-state index in [0.717, 1.165) is 12.8 Å². The second-order valence-corrected chi connectivity index (χ2v) is 6.90. The van der Waals surface area contributed by atoms with E-state index >= 15 is 0 Å². The quantitative estimate of drug-likeness (QED) is 0.665. The SMILES string of the molecule is CCOCCCN(CC(C)C(=O)O)C(=O)C1CC12CCCC2. The largest absolute Gasteiger partial charge is 0.481 e. The van der Waals surface area contributed by atoms with E-state index in [4.69, 9.17) is 9.84 Å². The molecule has 0 radical (unpaired) electrons. The summed E-state index contributed by atoms with van der Waals surface area (Å²) in [5.41, 5.74) is 0.266. The van der Waals surface area contributed by atoms with Crippen LogP contribution in [0, 0.1) is 17.3 Å². The van der Waals surface area contributed by atoms with Gasteiger partial charge < -0.3 is 14.7 Å². The maximum atomic E-state index is 12.8. The average molecular weight is 311 g/mol. The van der Waals surface area contributed by atoms with Crippen LogP contribution >= 0.6 is 0 Å². The number of hydrogen-bond donors (Lipinski definition) is 1. The van der Waals surface area contributed by atoms with Gasteiger partial charge in [0, 0.05) is 32.2 Å². The molecule has 126 valence electrons. The number of amides is 1. The molecule has 0 aliphatic heterocycles. The van der Waals surface area contributed by atoms with Crippen LogP contribution in [0.5, 0.6) is 0 Å². The minimum absolute atomic E-state index is 0.142. The van der Waals surface area contributed by atoms with Crippen LogP contribution in [-0.4, -0.2) is 48.2 Å². The number of carbonyl (C=O) groups excluding carboxylic acids is 1. The van der Waals surface area contributed by atoms with E-state index in [9.17, 15) is 9.59 Å². The van der Waals surface area contributed by atoms with Gasteiger partial charge in [0.25, 0.3) is 0 Å². The Morgan fingerprint density at radius 3 is 2.64 bits per heavy atom. The Kier molecular flexibility index (Phi) is 5.84. The Balaban J connectivity index is 1.90. The van der Waals surface area contributed by atoms with Gasteiger partial charge in [0.15, 0.2) is 0 Å². The van der Waals surface area contributed by atoms with Gasteiger partial charge in [-0.2, -0.15) is 0 Å². The zero-order valence-electron chi connectivity index (χ0n) is 13.8. The molecule has 1 N–H and O–H groups in total. The van der Waals surface area contributed by atoms with Gasteiger partial charge in [0.05, 0.1) is 5.92 Å². The maximum Gasteiger partial charge on any atom is 0.308 e. The first kappa shape index (κ1) is 17.3. The fraction of sp³-hybridized carbons (Fsp3) is 0.882. The van der Waals surface area contributed by atoms with Gasteiger partial charge in [-0.3, -0.25) is 9.59 Å². The normalized spacial score (nSPS) is 23.5. The summed E-state index contributed by atoms with van der Waals surface area (Å²) < 4.78 is 5.33. The van der Waals surface area contributed by atoms with Crippen molar-refractivity contribution in [2.24, 2.45) is 17.3 Å². The Bertz CT molecular complexity index is 403. The van der Waals surface area contributed by atoms with E-state index in [1.165, 1.54) is 25.7 Å². The van der Waals surface area contributed by atoms with Crippen LogP contribution in [0.3, 0.4) is 0 Å². The predicted molar refractivity (Wildman–Crippen MR) is 83.5 cm³/mol. The van der Waals surface area contributed by atoms with E-state index in [1.807, 2.05) is 6.92 Å². The van der Waals surface area contributed by atoms with Gasteiger partial charge in [-0.25, -0.2) is 0 Å². The molecule has 5 heteroatoms. The van der Waals surface area contributed by atoms with Crippen molar-refractivity contribution in [3.05, 3.63) is 0 Å². The van der Waals surface area contributed by atoms with Gasteiger partial charge in [-0.05, 0) is 38.0 Å². The molecule has 1 spiro atoms. The Labute approximate surface area is 133 Å². The highest BCUT2D eigenvalue weighted by atomic mass is 16.5. The van der Waals surface area contributed by atoms with Crippen LogP contribution < -0.4 is 0 Å². The number of carbonyl (C=O) groups is 2. The molecule has 22 heavy (non-hydrogen) atoms. The lowest BCUT2D eigenvalue weighted by Crippen LogP contribution is -2.39. The molecule has 1 amide bonds. The number of rotatable bonds is 9. The topological polar surface area (TPSA) is 66.8 Å².